The number of para-hydroxylation sites is 1. The maximum Gasteiger partial charge on any atom is 0.252 e. The highest BCUT2D eigenvalue weighted by Crippen LogP contribution is 2.20. The van der Waals surface area contributed by atoms with E-state index < -0.39 is 15.9 Å². The molecule has 2 rings (SSSR count). The van der Waals surface area contributed by atoms with Crippen molar-refractivity contribution in [2.75, 3.05) is 17.0 Å². The molecular weight excluding hydrogens is 359 g/mol. The predicted molar refractivity (Wildman–Crippen MR) is 92.6 cm³/mol. The third-order valence-corrected chi connectivity index (χ3v) is 4.72. The summed E-state index contributed by atoms with van der Waals surface area (Å²) in [5.41, 5.74) is 0.712. The Bertz CT molecular complexity index is 796. The molecule has 2 aromatic carbocycles. The third kappa shape index (κ3) is 5.42. The van der Waals surface area contributed by atoms with Crippen molar-refractivity contribution in [3.8, 4) is 0 Å². The Hall–Kier alpha value is -1.76. The smallest absolute Gasteiger partial charge is 0.252 e. The number of anilines is 1. The van der Waals surface area contributed by atoms with Gasteiger partial charge in [-0.1, -0.05) is 41.4 Å². The maximum absolute atomic E-state index is 12.0. The van der Waals surface area contributed by atoms with E-state index in [9.17, 15) is 13.2 Å². The minimum atomic E-state index is -3.55. The number of sulfonamides is 1. The van der Waals surface area contributed by atoms with E-state index in [1.807, 2.05) is 0 Å². The Morgan fingerprint density at radius 1 is 1.04 bits per heavy atom. The lowest BCUT2D eigenvalue weighted by Crippen LogP contribution is -2.31. The van der Waals surface area contributed by atoms with Crippen molar-refractivity contribution in [1.82, 2.24) is 5.32 Å². The van der Waals surface area contributed by atoms with Gasteiger partial charge in [0.15, 0.2) is 0 Å². The van der Waals surface area contributed by atoms with E-state index >= 15 is 0 Å². The van der Waals surface area contributed by atoms with Crippen molar-refractivity contribution in [3.63, 3.8) is 0 Å². The number of carbonyl (C=O) groups is 1. The second kappa shape index (κ2) is 7.68. The molecule has 0 aliphatic rings. The molecule has 23 heavy (non-hydrogen) atoms. The zero-order chi connectivity index (χ0) is 16.9. The van der Waals surface area contributed by atoms with Crippen LogP contribution < -0.4 is 10.0 Å². The Labute approximate surface area is 144 Å². The van der Waals surface area contributed by atoms with Crippen LogP contribution in [0.5, 0.6) is 0 Å². The van der Waals surface area contributed by atoms with Crippen molar-refractivity contribution in [2.24, 2.45) is 0 Å². The fourth-order valence-corrected chi connectivity index (χ4v) is 3.27. The topological polar surface area (TPSA) is 75.3 Å². The first kappa shape index (κ1) is 17.6. The van der Waals surface area contributed by atoms with E-state index in [2.05, 4.69) is 10.0 Å². The van der Waals surface area contributed by atoms with Gasteiger partial charge in [-0.15, -0.1) is 0 Å². The van der Waals surface area contributed by atoms with Gasteiger partial charge in [-0.3, -0.25) is 9.52 Å². The van der Waals surface area contributed by atoms with Crippen LogP contribution in [0, 0.1) is 0 Å². The lowest BCUT2D eigenvalue weighted by Gasteiger charge is -2.09. The number of halogens is 2. The number of rotatable bonds is 6. The average Bonchev–Trinajstić information content (AvgIpc) is 2.47. The zero-order valence-corrected chi connectivity index (χ0v) is 14.3. The van der Waals surface area contributed by atoms with Crippen LogP contribution in [0.3, 0.4) is 0 Å². The lowest BCUT2D eigenvalue weighted by atomic mass is 10.2. The van der Waals surface area contributed by atoms with Gasteiger partial charge in [0.1, 0.15) is 0 Å². The van der Waals surface area contributed by atoms with Gasteiger partial charge in [-0.25, -0.2) is 8.42 Å². The minimum absolute atomic E-state index is 0.0417. The molecule has 0 aromatic heterocycles. The molecule has 2 N–H and O–H groups in total. The van der Waals surface area contributed by atoms with E-state index in [1.165, 1.54) is 18.2 Å². The fraction of sp³-hybridized carbons (Fsp3) is 0.133. The van der Waals surface area contributed by atoms with Crippen molar-refractivity contribution in [3.05, 3.63) is 64.1 Å². The third-order valence-electron chi connectivity index (χ3n) is 2.88. The van der Waals surface area contributed by atoms with Gasteiger partial charge < -0.3 is 5.32 Å². The van der Waals surface area contributed by atoms with Gasteiger partial charge in [0.25, 0.3) is 5.91 Å². The van der Waals surface area contributed by atoms with Crippen molar-refractivity contribution < 1.29 is 13.2 Å². The minimum Gasteiger partial charge on any atom is -0.351 e. The zero-order valence-electron chi connectivity index (χ0n) is 11.9. The summed E-state index contributed by atoms with van der Waals surface area (Å²) in [4.78, 5) is 12.0. The highest BCUT2D eigenvalue weighted by atomic mass is 35.5. The van der Waals surface area contributed by atoms with E-state index in [4.69, 9.17) is 23.2 Å². The highest BCUT2D eigenvalue weighted by molar-refractivity contribution is 7.92. The van der Waals surface area contributed by atoms with Crippen molar-refractivity contribution >= 4 is 44.8 Å². The molecule has 122 valence electrons. The van der Waals surface area contributed by atoms with Gasteiger partial charge in [-0.2, -0.15) is 0 Å². The molecule has 0 aliphatic carbocycles. The predicted octanol–water partition coefficient (Wildman–Crippen LogP) is 3.17. The summed E-state index contributed by atoms with van der Waals surface area (Å²) in [6.07, 6.45) is 0. The quantitative estimate of drug-likeness (QED) is 0.817. The number of amides is 1. The van der Waals surface area contributed by atoms with Crippen molar-refractivity contribution in [1.29, 1.82) is 0 Å². The van der Waals surface area contributed by atoms with Gasteiger partial charge >= 0.3 is 0 Å². The Kier molecular flexibility index (Phi) is 5.87. The van der Waals surface area contributed by atoms with Crippen molar-refractivity contribution in [2.45, 2.75) is 0 Å². The number of benzene rings is 2. The Balaban J connectivity index is 1.90. The monoisotopic (exact) mass is 372 g/mol. The van der Waals surface area contributed by atoms with E-state index in [1.54, 1.807) is 30.3 Å². The molecule has 0 unspecified atom stereocenters. The van der Waals surface area contributed by atoms with E-state index in [-0.39, 0.29) is 22.9 Å². The van der Waals surface area contributed by atoms with Crippen LogP contribution in [0.2, 0.25) is 10.0 Å². The maximum atomic E-state index is 12.0. The molecule has 5 nitrogen and oxygen atoms in total. The molecule has 1 amide bonds. The molecule has 0 spiro atoms. The standard InChI is InChI=1S/C15H14Cl2N2O3S/c16-11-6-7-13(14(17)10-11)15(20)18-8-9-23(21,22)19-12-4-2-1-3-5-12/h1-7,10,19H,8-9H2,(H,18,20). The van der Waals surface area contributed by atoms with Crippen LogP contribution in [0.1, 0.15) is 10.4 Å². The SMILES string of the molecule is O=C(NCCS(=O)(=O)Nc1ccccc1)c1ccc(Cl)cc1Cl. The molecule has 0 heterocycles. The summed E-state index contributed by atoms with van der Waals surface area (Å²) < 4.78 is 26.3. The molecule has 0 radical (unpaired) electrons. The molecule has 0 aliphatic heterocycles. The number of hydrogen-bond donors (Lipinski definition) is 2. The Morgan fingerprint density at radius 2 is 1.74 bits per heavy atom. The van der Waals surface area contributed by atoms with Gasteiger partial charge in [0, 0.05) is 17.3 Å². The van der Waals surface area contributed by atoms with Crippen LogP contribution in [-0.4, -0.2) is 26.6 Å². The molecular formula is C15H14Cl2N2O3S. The van der Waals surface area contributed by atoms with Crippen LogP contribution in [-0.2, 0) is 10.0 Å². The summed E-state index contributed by atoms with van der Waals surface area (Å²) in [6, 6.07) is 13.0. The summed E-state index contributed by atoms with van der Waals surface area (Å²) in [6.45, 7) is -0.0417. The largest absolute Gasteiger partial charge is 0.351 e. The van der Waals surface area contributed by atoms with Gasteiger partial charge in [0.05, 0.1) is 16.3 Å². The van der Waals surface area contributed by atoms with Crippen LogP contribution in [0.15, 0.2) is 48.5 Å². The van der Waals surface area contributed by atoms with Crippen LogP contribution in [0.4, 0.5) is 5.69 Å². The Morgan fingerprint density at radius 3 is 2.39 bits per heavy atom. The summed E-state index contributed by atoms with van der Waals surface area (Å²) >= 11 is 11.7. The normalized spacial score (nSPS) is 11.0. The van der Waals surface area contributed by atoms with Gasteiger partial charge in [0.2, 0.25) is 10.0 Å². The number of carbonyl (C=O) groups excluding carboxylic acids is 1. The first-order chi connectivity index (χ1) is 10.9. The summed E-state index contributed by atoms with van der Waals surface area (Å²) in [5.74, 6) is -0.708. The molecule has 8 heteroatoms. The molecule has 2 aromatic rings. The fourth-order valence-electron chi connectivity index (χ4n) is 1.80. The molecule has 0 fully saturated rings. The number of nitrogens with one attached hydrogen (secondary N) is 2. The first-order valence-corrected chi connectivity index (χ1v) is 9.07. The lowest BCUT2D eigenvalue weighted by molar-refractivity contribution is 0.0956. The summed E-state index contributed by atoms with van der Waals surface area (Å²) in [5, 5.41) is 3.14. The summed E-state index contributed by atoms with van der Waals surface area (Å²) in [7, 11) is -3.55. The van der Waals surface area contributed by atoms with E-state index in [0.717, 1.165) is 0 Å². The molecule has 0 saturated carbocycles. The van der Waals surface area contributed by atoms with Gasteiger partial charge in [-0.05, 0) is 30.3 Å². The average molecular weight is 373 g/mol. The van der Waals surface area contributed by atoms with Crippen LogP contribution in [0.25, 0.3) is 0 Å². The highest BCUT2D eigenvalue weighted by Gasteiger charge is 2.13. The second-order valence-electron chi connectivity index (χ2n) is 4.67. The van der Waals surface area contributed by atoms with E-state index in [0.29, 0.717) is 10.7 Å². The molecule has 0 saturated heterocycles. The molecule has 0 bridgehead atoms. The molecule has 0 atom stereocenters. The second-order valence-corrected chi connectivity index (χ2v) is 7.35. The first-order valence-electron chi connectivity index (χ1n) is 6.66. The number of hydrogen-bond acceptors (Lipinski definition) is 3. The van der Waals surface area contributed by atoms with Crippen LogP contribution >= 0.6 is 23.2 Å².